The molecule has 0 aromatic heterocycles. The van der Waals surface area contributed by atoms with E-state index in [1.54, 1.807) is 109 Å². The molecule has 24 nitrogen and oxygen atoms in total. The third kappa shape index (κ3) is 24.1. The van der Waals surface area contributed by atoms with E-state index in [4.69, 9.17) is 18.9 Å². The summed E-state index contributed by atoms with van der Waals surface area (Å²) in [6.45, 7) is 21.0. The summed E-state index contributed by atoms with van der Waals surface area (Å²) in [5.74, 6) is -6.33. The van der Waals surface area contributed by atoms with E-state index in [-0.39, 0.29) is 56.6 Å². The van der Waals surface area contributed by atoms with Crippen molar-refractivity contribution in [2.24, 2.45) is 29.6 Å². The lowest BCUT2D eigenvalue weighted by Crippen LogP contribution is -2.60. The number of halogens is 3. The summed E-state index contributed by atoms with van der Waals surface area (Å²) < 4.78 is 66.9. The molecule has 0 saturated carbocycles. The van der Waals surface area contributed by atoms with Crippen molar-refractivity contribution in [1.82, 2.24) is 45.8 Å². The molecule has 2 fully saturated rings. The van der Waals surface area contributed by atoms with E-state index in [1.165, 1.54) is 26.2 Å². The van der Waals surface area contributed by atoms with Crippen LogP contribution in [-0.4, -0.2) is 224 Å². The lowest BCUT2D eigenvalue weighted by Gasteiger charge is -2.41. The Bertz CT molecular complexity index is 2960. The quantitative estimate of drug-likeness (QED) is 0.0286. The number of hydrogen-bond acceptors (Lipinski definition) is 16. The number of anilines is 1. The molecule has 9 amide bonds. The second kappa shape index (κ2) is 39.8. The van der Waals surface area contributed by atoms with Gasteiger partial charge in [-0.1, -0.05) is 124 Å². The van der Waals surface area contributed by atoms with Crippen molar-refractivity contribution in [2.45, 2.75) is 213 Å². The van der Waals surface area contributed by atoms with Crippen LogP contribution in [0.3, 0.4) is 0 Å². The average molecular weight is 1400 g/mol. The van der Waals surface area contributed by atoms with Crippen LogP contribution in [0.4, 0.5) is 23.7 Å². The minimum absolute atomic E-state index is 0.0800. The van der Waals surface area contributed by atoms with Gasteiger partial charge in [0.25, 0.3) is 11.8 Å². The highest BCUT2D eigenvalue weighted by atomic mass is 19.4. The van der Waals surface area contributed by atoms with Gasteiger partial charge in [-0.15, -0.1) is 0 Å². The number of nitrogens with zero attached hydrogens (tertiary/aromatic N) is 5. The smallest absolute Gasteiger partial charge is 0.410 e. The molecule has 13 atom stereocenters. The van der Waals surface area contributed by atoms with Gasteiger partial charge in [0.15, 0.2) is 0 Å². The van der Waals surface area contributed by atoms with Crippen molar-refractivity contribution < 1.29 is 80.4 Å². The van der Waals surface area contributed by atoms with Crippen LogP contribution in [0.5, 0.6) is 0 Å². The number of imide groups is 1. The second-order valence-corrected chi connectivity index (χ2v) is 27.7. The summed E-state index contributed by atoms with van der Waals surface area (Å²) in [7, 11) is 6.06. The highest BCUT2D eigenvalue weighted by molar-refractivity contribution is 6.12. The fourth-order valence-corrected chi connectivity index (χ4v) is 13.3. The molecule has 0 bridgehead atoms. The lowest BCUT2D eigenvalue weighted by molar-refractivity contribution is -0.161. The van der Waals surface area contributed by atoms with Crippen LogP contribution in [0.2, 0.25) is 0 Å². The maximum Gasteiger partial charge on any atom is 0.410 e. The van der Waals surface area contributed by atoms with Gasteiger partial charge in [0, 0.05) is 72.3 Å². The number of benzene rings is 2. The van der Waals surface area contributed by atoms with Crippen molar-refractivity contribution in [3.63, 3.8) is 0 Å². The maximum atomic E-state index is 14.9. The van der Waals surface area contributed by atoms with Gasteiger partial charge in [-0.05, 0) is 98.9 Å². The summed E-state index contributed by atoms with van der Waals surface area (Å²) >= 11 is 0. The van der Waals surface area contributed by atoms with Crippen LogP contribution in [-0.2, 0) is 63.9 Å². The summed E-state index contributed by atoms with van der Waals surface area (Å²) in [5, 5.41) is 24.9. The van der Waals surface area contributed by atoms with Crippen molar-refractivity contribution >= 4 is 59.0 Å². The molecule has 3 aliphatic heterocycles. The standard InChI is InChI=1S/C72H111F3N10O14/c1-15-47(8)63(55(96-13)42-59(88)84-37-23-27-54(84)65(97-14)48(9)66(90)76-49(10)64(89)51-24-18-16-19-25-51)81(11)70(94)61(45(4)5)80-69(93)62(46(6)7)82(12)71(95)99-43-50-29-31-52(32-30-50)77-67(91)53(26-22-35-83-38-40-98-41-39-83)78-68(92)60(44(2)3)79-56(72(73,74)75)28-20-17-21-36-85-57(86)33-34-58(85)87/h16,18-19,24-25,29-34,44-49,53-56,60-65,79,89H,15,17,20-23,26-28,35-43H2,1-14H3,(H,76,90)(H,77,91)(H,78,92)(H,80,93)/t47-,48+,49+,53-,54-,55+,56+,60-,61-,62-,63-,64+,65+/m0/s1. The number of nitrogens with one attached hydrogen (secondary N) is 5. The Balaban J connectivity index is 1.20. The number of amides is 9. The van der Waals surface area contributed by atoms with Gasteiger partial charge in [-0.25, -0.2) is 4.79 Å². The average Bonchev–Trinajstić information content (AvgIpc) is 1.80. The van der Waals surface area contributed by atoms with E-state index in [2.05, 4.69) is 31.5 Å². The SMILES string of the molecule is CC[C@H](C)[C@@H]([C@@H](CC(=O)N1CCC[C@H]1[C@H](OC)[C@@H](C)C(=O)N[C@H](C)[C@@H](O)c1ccccc1)OC)N(C)C(=O)[C@@H](NC(=O)[C@H](C(C)C)N(C)C(=O)OCc1ccc(NC(=O)[C@H](CCCN2CCOCC2)NC(=O)[C@@H](N[C@H](CCCCCN2C(=O)C=CC2=O)C(F)(F)F)C(C)C)cc1)C(C)C. The Kier molecular flexibility index (Phi) is 33.2. The van der Waals surface area contributed by atoms with Crippen LogP contribution < -0.4 is 26.6 Å². The first kappa shape index (κ1) is 82.6. The monoisotopic (exact) mass is 1400 g/mol. The second-order valence-electron chi connectivity index (χ2n) is 27.7. The lowest BCUT2D eigenvalue weighted by atomic mass is 9.89. The predicted molar refractivity (Wildman–Crippen MR) is 368 cm³/mol. The highest BCUT2D eigenvalue weighted by Gasteiger charge is 2.45. The molecule has 554 valence electrons. The zero-order valence-electron chi connectivity index (χ0n) is 60.4. The van der Waals surface area contributed by atoms with E-state index in [9.17, 15) is 61.4 Å². The van der Waals surface area contributed by atoms with Crippen molar-refractivity contribution in [3.8, 4) is 0 Å². The fraction of sp³-hybridized carbons (Fsp3) is 0.681. The molecule has 0 aliphatic carbocycles. The molecule has 2 aromatic carbocycles. The molecule has 6 N–H and O–H groups in total. The number of unbranched alkanes of at least 4 members (excludes halogenated alkanes) is 2. The Morgan fingerprint density at radius 1 is 0.707 bits per heavy atom. The summed E-state index contributed by atoms with van der Waals surface area (Å²) in [4.78, 5) is 131. The maximum absolute atomic E-state index is 14.9. The first-order chi connectivity index (χ1) is 46.8. The highest BCUT2D eigenvalue weighted by Crippen LogP contribution is 2.32. The molecule has 0 unspecified atom stereocenters. The van der Waals surface area contributed by atoms with Crippen LogP contribution in [0.1, 0.15) is 151 Å². The van der Waals surface area contributed by atoms with Crippen LogP contribution in [0.25, 0.3) is 0 Å². The number of alkyl halides is 3. The summed E-state index contributed by atoms with van der Waals surface area (Å²) in [6.07, 6.45) is -2.95. The van der Waals surface area contributed by atoms with E-state index < -0.39 is 138 Å². The van der Waals surface area contributed by atoms with Crippen LogP contribution in [0, 0.1) is 29.6 Å². The number of rotatable bonds is 39. The van der Waals surface area contributed by atoms with Crippen molar-refractivity contribution in [3.05, 3.63) is 77.9 Å². The summed E-state index contributed by atoms with van der Waals surface area (Å²) in [5.41, 5.74) is 1.49. The van der Waals surface area contributed by atoms with Gasteiger partial charge in [0.05, 0.1) is 68.0 Å². The zero-order chi connectivity index (χ0) is 73.4. The Hall–Kier alpha value is -7.04. The van der Waals surface area contributed by atoms with Crippen molar-refractivity contribution in [2.75, 3.05) is 79.6 Å². The van der Waals surface area contributed by atoms with Crippen LogP contribution >= 0.6 is 0 Å². The third-order valence-electron chi connectivity index (χ3n) is 19.4. The molecular weight excluding hydrogens is 1290 g/mol. The van der Waals surface area contributed by atoms with E-state index in [1.807, 2.05) is 32.0 Å². The number of likely N-dealkylation sites (N-methyl/N-ethyl adjacent to an activating group) is 2. The van der Waals surface area contributed by atoms with Gasteiger partial charge >= 0.3 is 12.3 Å². The van der Waals surface area contributed by atoms with E-state index in [0.717, 1.165) is 17.1 Å². The number of hydrogen-bond donors (Lipinski definition) is 6. The number of ether oxygens (including phenoxy) is 4. The molecule has 3 aliphatic rings. The van der Waals surface area contributed by atoms with Gasteiger partial charge in [0.2, 0.25) is 35.4 Å². The third-order valence-corrected chi connectivity index (χ3v) is 19.4. The Labute approximate surface area is 582 Å². The van der Waals surface area contributed by atoms with Gasteiger partial charge in [0.1, 0.15) is 30.8 Å². The first-order valence-electron chi connectivity index (χ1n) is 35.1. The number of carbonyl (C=O) groups excluding carboxylic acids is 9. The summed E-state index contributed by atoms with van der Waals surface area (Å²) in [6, 6.07) is 6.98. The minimum Gasteiger partial charge on any atom is -0.445 e. The molecule has 5 rings (SSSR count). The van der Waals surface area contributed by atoms with Crippen molar-refractivity contribution in [1.29, 1.82) is 0 Å². The molecular formula is C72H111F3N10O14. The molecule has 0 spiro atoms. The van der Waals surface area contributed by atoms with E-state index >= 15 is 0 Å². The molecule has 3 heterocycles. The zero-order valence-corrected chi connectivity index (χ0v) is 60.4. The van der Waals surface area contributed by atoms with Gasteiger partial charge in [-0.2, -0.15) is 13.2 Å². The Morgan fingerprint density at radius 2 is 1.34 bits per heavy atom. The number of aliphatic hydroxyl groups excluding tert-OH is 1. The largest absolute Gasteiger partial charge is 0.445 e. The number of likely N-dealkylation sites (tertiary alicyclic amines) is 1. The number of methoxy groups -OCH3 is 2. The van der Waals surface area contributed by atoms with E-state index in [0.29, 0.717) is 94.7 Å². The molecule has 27 heteroatoms. The number of aliphatic hydroxyl groups is 1. The molecule has 2 aromatic rings. The Morgan fingerprint density at radius 3 is 1.92 bits per heavy atom. The fourth-order valence-electron chi connectivity index (χ4n) is 13.3. The number of carbonyl (C=O) groups is 9. The molecule has 2 saturated heterocycles. The first-order valence-corrected chi connectivity index (χ1v) is 35.1. The van der Waals surface area contributed by atoms with Crippen LogP contribution in [0.15, 0.2) is 66.7 Å². The predicted octanol–water partition coefficient (Wildman–Crippen LogP) is 7.15. The number of morpholine rings is 1. The molecule has 0 radical (unpaired) electrons. The molecule has 99 heavy (non-hydrogen) atoms. The van der Waals surface area contributed by atoms with Gasteiger partial charge in [-0.3, -0.25) is 58.4 Å². The topological polar surface area (TPSA) is 287 Å². The normalized spacial score (nSPS) is 18.9. The minimum atomic E-state index is -4.72. The van der Waals surface area contributed by atoms with Gasteiger partial charge < -0.3 is 55.1 Å².